The van der Waals surface area contributed by atoms with Gasteiger partial charge in [-0.1, -0.05) is 73.8 Å². The van der Waals surface area contributed by atoms with E-state index in [4.69, 9.17) is 9.97 Å². The van der Waals surface area contributed by atoms with Gasteiger partial charge in [-0.25, -0.2) is 29.9 Å². The lowest BCUT2D eigenvalue weighted by Crippen LogP contribution is -2.51. The van der Waals surface area contributed by atoms with E-state index in [1.807, 2.05) is 122 Å². The van der Waals surface area contributed by atoms with E-state index in [1.165, 1.54) is 31.4 Å². The fraction of sp³-hybridized carbons (Fsp3) is 0.154. The molecule has 4 aromatic carbocycles. The van der Waals surface area contributed by atoms with Crippen LogP contribution in [0, 0.1) is 0 Å². The summed E-state index contributed by atoms with van der Waals surface area (Å²) in [6, 6.07) is 35.6. The molecule has 2 amide bonds. The van der Waals surface area contributed by atoms with Crippen LogP contribution in [-0.2, 0) is 9.59 Å². The van der Waals surface area contributed by atoms with E-state index in [2.05, 4.69) is 69.9 Å². The number of hydrogen-bond acceptors (Lipinski definition) is 13. The van der Waals surface area contributed by atoms with Gasteiger partial charge in [0.15, 0.2) is 0 Å². The number of aromatic nitrogens is 6. The van der Waals surface area contributed by atoms with Gasteiger partial charge in [-0.05, 0) is 91.1 Å². The molecule has 0 unspecified atom stereocenters. The van der Waals surface area contributed by atoms with Gasteiger partial charge in [-0.15, -0.1) is 0 Å². The van der Waals surface area contributed by atoms with Crippen LogP contribution in [0.3, 0.4) is 0 Å². The van der Waals surface area contributed by atoms with Gasteiger partial charge in [-0.2, -0.15) is 0 Å². The number of anilines is 8. The lowest BCUT2D eigenvalue weighted by molar-refractivity contribution is -0.112. The van der Waals surface area contributed by atoms with Crippen LogP contribution in [0.4, 0.5) is 46.3 Å². The molecule has 6 N–H and O–H groups in total. The predicted molar refractivity (Wildman–Crippen MR) is 269 cm³/mol. The van der Waals surface area contributed by atoms with Crippen molar-refractivity contribution >= 4 is 79.9 Å². The Bertz CT molecular complexity index is 3060. The Morgan fingerprint density at radius 3 is 1.60 bits per heavy atom. The Morgan fingerprint density at radius 2 is 1.12 bits per heavy atom. The Hall–Kier alpha value is -8.56. The quantitative estimate of drug-likeness (QED) is 0.0602. The molecule has 0 saturated carbocycles. The van der Waals surface area contributed by atoms with Crippen LogP contribution in [0.15, 0.2) is 159 Å². The fourth-order valence-corrected chi connectivity index (χ4v) is 7.79. The molecule has 15 nitrogen and oxygen atoms in total. The molecule has 2 aliphatic heterocycles. The van der Waals surface area contributed by atoms with Gasteiger partial charge in [0.25, 0.3) is 0 Å². The molecular formula is C52H49N13O2. The lowest BCUT2D eigenvalue weighted by Gasteiger charge is -2.28. The van der Waals surface area contributed by atoms with Crippen molar-refractivity contribution in [3.63, 3.8) is 0 Å². The largest absolute Gasteiger partial charge is 0.365 e. The number of pyridine rings is 2. The normalized spacial score (nSPS) is 13.3. The first-order valence-electron chi connectivity index (χ1n) is 22.1. The van der Waals surface area contributed by atoms with Crippen molar-refractivity contribution in [1.82, 2.24) is 35.2 Å². The molecule has 15 heteroatoms. The molecule has 2 aliphatic rings. The second-order valence-corrected chi connectivity index (χ2v) is 16.1. The minimum absolute atomic E-state index is 0.246. The maximum Gasteiger partial charge on any atom is 0.247 e. The maximum atomic E-state index is 11.7. The summed E-state index contributed by atoms with van der Waals surface area (Å²) in [7, 11) is 0. The first kappa shape index (κ1) is 43.7. The van der Waals surface area contributed by atoms with Crippen LogP contribution in [0.25, 0.3) is 44.1 Å². The highest BCUT2D eigenvalue weighted by molar-refractivity contribution is 6.01. The maximum absolute atomic E-state index is 11.7. The highest BCUT2D eigenvalue weighted by atomic mass is 16.2. The number of piperidine rings is 1. The summed E-state index contributed by atoms with van der Waals surface area (Å²) in [5.74, 6) is 2.34. The summed E-state index contributed by atoms with van der Waals surface area (Å²) >= 11 is 0. The van der Waals surface area contributed by atoms with Gasteiger partial charge in [0, 0.05) is 71.8 Å². The summed E-state index contributed by atoms with van der Waals surface area (Å²) in [5, 5.41) is 20.6. The number of rotatable bonds is 13. The molecule has 0 aliphatic carbocycles. The zero-order chi connectivity index (χ0) is 46.0. The zero-order valence-electron chi connectivity index (χ0n) is 36.7. The van der Waals surface area contributed by atoms with E-state index in [0.717, 1.165) is 93.2 Å². The van der Waals surface area contributed by atoms with Gasteiger partial charge in [0.1, 0.15) is 11.6 Å². The third-order valence-electron chi connectivity index (χ3n) is 11.3. The lowest BCUT2D eigenvalue weighted by atomic mass is 10.0. The summed E-state index contributed by atoms with van der Waals surface area (Å²) in [4.78, 5) is 53.3. The van der Waals surface area contributed by atoms with Gasteiger partial charge >= 0.3 is 0 Å². The highest BCUT2D eigenvalue weighted by Crippen LogP contribution is 2.32. The summed E-state index contributed by atoms with van der Waals surface area (Å²) in [5.41, 5.74) is 8.46. The van der Waals surface area contributed by atoms with Crippen molar-refractivity contribution in [2.75, 3.05) is 57.7 Å². The predicted octanol–water partition coefficient (Wildman–Crippen LogP) is 9.49. The van der Waals surface area contributed by atoms with Gasteiger partial charge in [-0.3, -0.25) is 9.59 Å². The number of para-hydroxylation sites is 2. The topological polar surface area (TPSA) is 187 Å². The van der Waals surface area contributed by atoms with Crippen molar-refractivity contribution in [1.29, 1.82) is 0 Å². The SMILES string of the molecule is C=CC(=O)Nc1cccc(-c2cccc3cnc(Nc4ccc(N5CCCCC5)nc4)nc23)c1.C=CC(=O)Nc1cccc(-c2cccc3cnc(Nc4ccc(NC5CNC5)nc4)nc23)c1. The first-order valence-corrected chi connectivity index (χ1v) is 22.1. The number of hydrogen-bond donors (Lipinski definition) is 6. The third kappa shape index (κ3) is 10.9. The molecule has 0 bridgehead atoms. The molecule has 0 radical (unpaired) electrons. The van der Waals surface area contributed by atoms with Gasteiger partial charge < -0.3 is 36.8 Å². The Kier molecular flexibility index (Phi) is 13.4. The van der Waals surface area contributed by atoms with Crippen LogP contribution in [0.1, 0.15) is 19.3 Å². The second kappa shape index (κ2) is 20.5. The van der Waals surface area contributed by atoms with Gasteiger partial charge in [0.2, 0.25) is 23.7 Å². The van der Waals surface area contributed by atoms with E-state index < -0.39 is 0 Å². The number of nitrogens with one attached hydrogen (secondary N) is 6. The van der Waals surface area contributed by atoms with E-state index in [0.29, 0.717) is 29.3 Å². The second-order valence-electron chi connectivity index (χ2n) is 16.1. The van der Waals surface area contributed by atoms with Crippen molar-refractivity contribution in [3.8, 4) is 22.3 Å². The summed E-state index contributed by atoms with van der Waals surface area (Å²) < 4.78 is 0. The Balaban J connectivity index is 0.000000168. The molecule has 0 spiro atoms. The fourth-order valence-electron chi connectivity index (χ4n) is 7.79. The number of amides is 2. The molecular weight excluding hydrogens is 839 g/mol. The minimum atomic E-state index is -0.252. The molecule has 2 fully saturated rings. The summed E-state index contributed by atoms with van der Waals surface area (Å²) in [6.45, 7) is 11.0. The van der Waals surface area contributed by atoms with E-state index in [9.17, 15) is 9.59 Å². The summed E-state index contributed by atoms with van der Waals surface area (Å²) in [6.07, 6.45) is 13.4. The van der Waals surface area contributed by atoms with Crippen molar-refractivity contribution < 1.29 is 9.59 Å². The van der Waals surface area contributed by atoms with Crippen LogP contribution in [0.2, 0.25) is 0 Å². The Labute approximate surface area is 388 Å². The molecule has 4 aromatic heterocycles. The van der Waals surface area contributed by atoms with Crippen molar-refractivity contribution in [3.05, 3.63) is 159 Å². The number of nitrogens with zero attached hydrogens (tertiary/aromatic N) is 7. The molecule has 67 heavy (non-hydrogen) atoms. The minimum Gasteiger partial charge on any atom is -0.365 e. The number of carbonyl (C=O) groups is 2. The van der Waals surface area contributed by atoms with Crippen LogP contribution in [-0.4, -0.2) is 73.9 Å². The zero-order valence-corrected chi connectivity index (χ0v) is 36.7. The average Bonchev–Trinajstić information content (AvgIpc) is 3.36. The highest BCUT2D eigenvalue weighted by Gasteiger charge is 2.17. The van der Waals surface area contributed by atoms with Crippen LogP contribution >= 0.6 is 0 Å². The van der Waals surface area contributed by atoms with E-state index in [1.54, 1.807) is 12.4 Å². The number of fused-ring (bicyclic) bond motifs is 2. The molecule has 10 rings (SSSR count). The molecule has 334 valence electrons. The third-order valence-corrected chi connectivity index (χ3v) is 11.3. The standard InChI is InChI=1S/C27H26N6O.C25H23N7O/c1-2-25(34)30-21-10-6-8-19(16-21)23-11-7-9-20-17-29-27(32-26(20)23)31-22-12-13-24(28-18-22)33-14-4-3-5-15-33;1-2-23(33)30-18-7-3-5-16(11-18)21-8-4-6-17-12-28-25(32-24(17)21)31-19-9-10-22(27-15-19)29-20-13-26-14-20/h2,6-13,16-18H,1,3-5,14-15H2,(H,30,34)(H,29,31,32);2-12,15,20,26H,1,13-14H2,(H,27,29)(H,30,33)(H,28,31,32). The van der Waals surface area contributed by atoms with E-state index >= 15 is 0 Å². The van der Waals surface area contributed by atoms with E-state index in [-0.39, 0.29) is 11.8 Å². The molecule has 6 heterocycles. The number of carbonyl (C=O) groups excluding carboxylic acids is 2. The van der Waals surface area contributed by atoms with Crippen LogP contribution < -0.4 is 36.8 Å². The molecule has 0 atom stereocenters. The Morgan fingerprint density at radius 1 is 0.582 bits per heavy atom. The van der Waals surface area contributed by atoms with Crippen molar-refractivity contribution in [2.24, 2.45) is 0 Å². The van der Waals surface area contributed by atoms with Gasteiger partial charge in [0.05, 0.1) is 40.8 Å². The number of benzene rings is 4. The smallest absolute Gasteiger partial charge is 0.247 e. The van der Waals surface area contributed by atoms with Crippen LogP contribution in [0.5, 0.6) is 0 Å². The molecule has 8 aromatic rings. The average molecular weight is 888 g/mol. The molecule has 2 saturated heterocycles. The van der Waals surface area contributed by atoms with Crippen molar-refractivity contribution in [2.45, 2.75) is 25.3 Å². The first-order chi connectivity index (χ1) is 32.9. The monoisotopic (exact) mass is 887 g/mol.